The van der Waals surface area contributed by atoms with Gasteiger partial charge in [0.05, 0.1) is 22.2 Å². The van der Waals surface area contributed by atoms with Gasteiger partial charge in [-0.1, -0.05) is 11.6 Å². The molecule has 4 nitrogen and oxygen atoms in total. The summed E-state index contributed by atoms with van der Waals surface area (Å²) in [5, 5.41) is 0.248. The maximum atomic E-state index is 13.9. The Bertz CT molecular complexity index is 779. The van der Waals surface area contributed by atoms with Crippen molar-refractivity contribution in [3.63, 3.8) is 0 Å². The van der Waals surface area contributed by atoms with Crippen LogP contribution >= 0.6 is 11.6 Å². The number of benzene rings is 1. The van der Waals surface area contributed by atoms with E-state index in [1.165, 1.54) is 6.07 Å². The quantitative estimate of drug-likeness (QED) is 0.799. The van der Waals surface area contributed by atoms with Crippen molar-refractivity contribution in [1.29, 1.82) is 0 Å². The largest absolute Gasteiger partial charge is 0.311 e. The van der Waals surface area contributed by atoms with Crippen LogP contribution < -0.4 is 4.90 Å². The molecule has 0 aliphatic carbocycles. The van der Waals surface area contributed by atoms with Crippen molar-refractivity contribution in [2.75, 3.05) is 23.0 Å². The smallest absolute Gasteiger partial charge is 0.227 e. The molecular weight excluding hydrogens is 353 g/mol. The molecule has 0 spiro atoms. The van der Waals surface area contributed by atoms with Crippen molar-refractivity contribution in [2.24, 2.45) is 5.92 Å². The van der Waals surface area contributed by atoms with E-state index >= 15 is 0 Å². The topological polar surface area (TPSA) is 54.5 Å². The number of rotatable bonds is 2. The van der Waals surface area contributed by atoms with Gasteiger partial charge >= 0.3 is 0 Å². The van der Waals surface area contributed by atoms with Gasteiger partial charge in [-0.25, -0.2) is 12.8 Å². The first kappa shape index (κ1) is 17.7. The van der Waals surface area contributed by atoms with Crippen LogP contribution in [-0.2, 0) is 21.1 Å². The summed E-state index contributed by atoms with van der Waals surface area (Å²) in [6, 6.07) is 1.26. The fourth-order valence-corrected chi connectivity index (χ4v) is 5.85. The summed E-state index contributed by atoms with van der Waals surface area (Å²) in [7, 11) is -3.04. The summed E-state index contributed by atoms with van der Waals surface area (Å²) in [6.45, 7) is 2.24. The lowest BCUT2D eigenvalue weighted by Gasteiger charge is -2.33. The molecule has 2 aliphatic heterocycles. The fourth-order valence-electron chi connectivity index (χ4n) is 3.76. The second-order valence-corrected chi connectivity index (χ2v) is 9.40. The van der Waals surface area contributed by atoms with Gasteiger partial charge in [0.15, 0.2) is 9.84 Å². The Hall–Kier alpha value is -1.14. The van der Waals surface area contributed by atoms with E-state index in [0.717, 1.165) is 18.4 Å². The van der Waals surface area contributed by atoms with Gasteiger partial charge in [-0.3, -0.25) is 4.79 Å². The number of amides is 1. The highest BCUT2D eigenvalue weighted by Gasteiger charge is 2.31. The number of halogens is 2. The van der Waals surface area contributed by atoms with Crippen molar-refractivity contribution < 1.29 is 17.6 Å². The zero-order valence-corrected chi connectivity index (χ0v) is 15.2. The average Bonchev–Trinajstić information content (AvgIpc) is 2.51. The molecule has 1 fully saturated rings. The molecule has 0 aromatic heterocycles. The summed E-state index contributed by atoms with van der Waals surface area (Å²) in [4.78, 5) is 14.4. The molecule has 0 radical (unpaired) electrons. The maximum Gasteiger partial charge on any atom is 0.227 e. The zero-order chi connectivity index (χ0) is 17.5. The highest BCUT2D eigenvalue weighted by molar-refractivity contribution is 7.91. The number of carbonyl (C=O) groups is 1. The number of carbonyl (C=O) groups excluding carboxylic acids is 1. The lowest BCUT2D eigenvalue weighted by molar-refractivity contribution is -0.119. The molecule has 0 unspecified atom stereocenters. The minimum Gasteiger partial charge on any atom is -0.311 e. The molecule has 2 heterocycles. The van der Waals surface area contributed by atoms with Crippen LogP contribution in [0.1, 0.15) is 36.8 Å². The molecular formula is C17H21ClFNO3S. The molecule has 0 N–H and O–H groups in total. The molecule has 2 aliphatic rings. The van der Waals surface area contributed by atoms with Gasteiger partial charge in [0.25, 0.3) is 0 Å². The van der Waals surface area contributed by atoms with Gasteiger partial charge in [-0.2, -0.15) is 0 Å². The Morgan fingerprint density at radius 2 is 2.17 bits per heavy atom. The van der Waals surface area contributed by atoms with Gasteiger partial charge in [0.2, 0.25) is 5.91 Å². The van der Waals surface area contributed by atoms with Crippen LogP contribution in [0.4, 0.5) is 10.1 Å². The monoisotopic (exact) mass is 373 g/mol. The molecule has 1 aromatic carbocycles. The van der Waals surface area contributed by atoms with E-state index in [1.807, 2.05) is 0 Å². The number of sulfone groups is 1. The molecule has 1 aromatic rings. The highest BCUT2D eigenvalue weighted by Crippen LogP contribution is 2.38. The SMILES string of the molecule is Cc1c(F)cc(Cl)c2c1CCCN2C(=O)C[C@@H]1CCCS(=O)(=O)C1. The minimum absolute atomic E-state index is 0.0790. The Morgan fingerprint density at radius 1 is 1.42 bits per heavy atom. The van der Waals surface area contributed by atoms with Crippen LogP contribution in [0, 0.1) is 18.7 Å². The standard InChI is InChI=1S/C17H21ClFNO3S/c1-11-13-5-2-6-20(17(13)14(18)9-15(11)19)16(21)8-12-4-3-7-24(22,23)10-12/h9,12H,2-8,10H2,1H3/t12-/m0/s1. The van der Waals surface area contributed by atoms with Gasteiger partial charge in [0, 0.05) is 13.0 Å². The number of fused-ring (bicyclic) bond motifs is 1. The zero-order valence-electron chi connectivity index (χ0n) is 13.6. The Labute approximate surface area is 146 Å². The van der Waals surface area contributed by atoms with Crippen molar-refractivity contribution in [3.05, 3.63) is 28.0 Å². The molecule has 1 amide bonds. The molecule has 0 bridgehead atoms. The van der Waals surface area contributed by atoms with Crippen LogP contribution in [0.15, 0.2) is 6.07 Å². The fraction of sp³-hybridized carbons (Fsp3) is 0.588. The first-order valence-corrected chi connectivity index (χ1v) is 10.5. The average molecular weight is 374 g/mol. The van der Waals surface area contributed by atoms with E-state index in [0.29, 0.717) is 30.6 Å². The van der Waals surface area contributed by atoms with Crippen LogP contribution in [0.5, 0.6) is 0 Å². The second-order valence-electron chi connectivity index (χ2n) is 6.77. The summed E-state index contributed by atoms with van der Waals surface area (Å²) in [6.07, 6.45) is 3.01. The Morgan fingerprint density at radius 3 is 2.88 bits per heavy atom. The predicted octanol–water partition coefficient (Wildman–Crippen LogP) is 3.28. The predicted molar refractivity (Wildman–Crippen MR) is 92.8 cm³/mol. The normalized spacial score (nSPS) is 23.0. The summed E-state index contributed by atoms with van der Waals surface area (Å²) in [5.41, 5.74) is 1.92. The first-order chi connectivity index (χ1) is 11.3. The van der Waals surface area contributed by atoms with E-state index in [-0.39, 0.29) is 40.6 Å². The molecule has 1 atom stereocenters. The van der Waals surface area contributed by atoms with Crippen molar-refractivity contribution >= 4 is 33.0 Å². The third kappa shape index (κ3) is 3.45. The molecule has 1 saturated heterocycles. The van der Waals surface area contributed by atoms with Crippen LogP contribution in [0.2, 0.25) is 5.02 Å². The van der Waals surface area contributed by atoms with Crippen LogP contribution in [-0.4, -0.2) is 32.4 Å². The molecule has 3 rings (SSSR count). The van der Waals surface area contributed by atoms with E-state index < -0.39 is 9.84 Å². The van der Waals surface area contributed by atoms with Crippen LogP contribution in [0.25, 0.3) is 0 Å². The van der Waals surface area contributed by atoms with E-state index in [1.54, 1.807) is 11.8 Å². The van der Waals surface area contributed by atoms with Crippen molar-refractivity contribution in [3.8, 4) is 0 Å². The van der Waals surface area contributed by atoms with Gasteiger partial charge in [0.1, 0.15) is 5.82 Å². The van der Waals surface area contributed by atoms with Crippen molar-refractivity contribution in [2.45, 2.75) is 39.0 Å². The molecule has 24 heavy (non-hydrogen) atoms. The van der Waals surface area contributed by atoms with Crippen molar-refractivity contribution in [1.82, 2.24) is 0 Å². The van der Waals surface area contributed by atoms with Gasteiger partial charge < -0.3 is 4.90 Å². The number of anilines is 1. The van der Waals surface area contributed by atoms with E-state index in [2.05, 4.69) is 0 Å². The van der Waals surface area contributed by atoms with Crippen LogP contribution in [0.3, 0.4) is 0 Å². The van der Waals surface area contributed by atoms with Gasteiger partial charge in [-0.05, 0) is 55.7 Å². The summed E-state index contributed by atoms with van der Waals surface area (Å²) < 4.78 is 37.4. The first-order valence-electron chi connectivity index (χ1n) is 8.27. The van der Waals surface area contributed by atoms with Gasteiger partial charge in [-0.15, -0.1) is 0 Å². The number of hydrogen-bond donors (Lipinski definition) is 0. The number of nitrogens with zero attached hydrogens (tertiary/aromatic N) is 1. The lowest BCUT2D eigenvalue weighted by Crippen LogP contribution is -2.38. The Balaban J connectivity index is 1.84. The highest BCUT2D eigenvalue weighted by atomic mass is 35.5. The van der Waals surface area contributed by atoms with E-state index in [9.17, 15) is 17.6 Å². The third-order valence-electron chi connectivity index (χ3n) is 4.98. The second kappa shape index (κ2) is 6.64. The minimum atomic E-state index is -3.04. The Kier molecular flexibility index (Phi) is 4.89. The lowest BCUT2D eigenvalue weighted by atomic mass is 9.95. The maximum absolute atomic E-state index is 13.9. The summed E-state index contributed by atoms with van der Waals surface area (Å²) >= 11 is 6.22. The molecule has 0 saturated carbocycles. The third-order valence-corrected chi connectivity index (χ3v) is 7.15. The molecule has 132 valence electrons. The summed E-state index contributed by atoms with van der Waals surface area (Å²) in [5.74, 6) is -0.316. The van der Waals surface area contributed by atoms with E-state index in [4.69, 9.17) is 11.6 Å². The molecule has 7 heteroatoms. The number of hydrogen-bond acceptors (Lipinski definition) is 3.